The van der Waals surface area contributed by atoms with Crippen LogP contribution in [-0.2, 0) is 0 Å². The summed E-state index contributed by atoms with van der Waals surface area (Å²) >= 11 is 1.43. The lowest BCUT2D eigenvalue weighted by molar-refractivity contribution is 0.624. The maximum Gasteiger partial charge on any atom is 0.255 e. The van der Waals surface area contributed by atoms with Crippen molar-refractivity contribution in [1.29, 1.82) is 0 Å². The molecule has 0 saturated heterocycles. The zero-order chi connectivity index (χ0) is 13.2. The Morgan fingerprint density at radius 2 is 1.79 bits per heavy atom. The van der Waals surface area contributed by atoms with Crippen molar-refractivity contribution in [2.24, 2.45) is 0 Å². The fraction of sp³-hybridized carbons (Fsp3) is 0. The van der Waals surface area contributed by atoms with E-state index in [9.17, 15) is 9.18 Å². The van der Waals surface area contributed by atoms with Crippen LogP contribution in [0.15, 0.2) is 69.3 Å². The summed E-state index contributed by atoms with van der Waals surface area (Å²) in [5, 5.41) is 1.52. The number of aromatic nitrogens is 1. The van der Waals surface area contributed by atoms with Gasteiger partial charge in [0.2, 0.25) is 0 Å². The van der Waals surface area contributed by atoms with Crippen molar-refractivity contribution >= 4 is 22.5 Å². The monoisotopic (exact) mass is 271 g/mol. The molecule has 0 aliphatic carbocycles. The first kappa shape index (κ1) is 12.0. The van der Waals surface area contributed by atoms with Crippen LogP contribution in [0.2, 0.25) is 0 Å². The lowest BCUT2D eigenvalue weighted by Gasteiger charge is -2.05. The van der Waals surface area contributed by atoms with E-state index in [1.54, 1.807) is 18.3 Å². The van der Waals surface area contributed by atoms with Crippen molar-refractivity contribution in [2.45, 2.75) is 9.79 Å². The molecule has 2 nitrogen and oxygen atoms in total. The molecule has 0 aliphatic rings. The molecule has 0 aliphatic heterocycles. The number of nitrogens with one attached hydrogen (secondary N) is 1. The highest BCUT2D eigenvalue weighted by Gasteiger charge is 2.06. The Balaban J connectivity index is 2.11. The molecule has 0 saturated carbocycles. The molecule has 0 radical (unpaired) electrons. The number of H-pyrrole nitrogens is 1. The average Bonchev–Trinajstić information content (AvgIpc) is 2.42. The Hall–Kier alpha value is -2.07. The highest BCUT2D eigenvalue weighted by Crippen LogP contribution is 2.31. The standard InChI is InChI=1S/C15H10FNOS/c16-10-4-3-5-11(8-10)19-14-9-17-15(18)13-7-2-1-6-12(13)14/h1-9H,(H,17,18). The minimum absolute atomic E-state index is 0.112. The van der Waals surface area contributed by atoms with Gasteiger partial charge < -0.3 is 4.98 Å². The van der Waals surface area contributed by atoms with Gasteiger partial charge >= 0.3 is 0 Å². The molecule has 0 bridgehead atoms. The minimum Gasteiger partial charge on any atom is -0.327 e. The van der Waals surface area contributed by atoms with Gasteiger partial charge in [0.1, 0.15) is 5.82 Å². The Morgan fingerprint density at radius 3 is 2.58 bits per heavy atom. The van der Waals surface area contributed by atoms with E-state index < -0.39 is 0 Å². The SMILES string of the molecule is O=c1[nH]cc(Sc2cccc(F)c2)c2ccccc12. The Kier molecular flexibility index (Phi) is 3.09. The minimum atomic E-state index is -0.265. The van der Waals surface area contributed by atoms with E-state index in [0.29, 0.717) is 5.39 Å². The quantitative estimate of drug-likeness (QED) is 0.768. The molecule has 3 rings (SSSR count). The van der Waals surface area contributed by atoms with Gasteiger partial charge in [-0.25, -0.2) is 4.39 Å². The van der Waals surface area contributed by atoms with Crippen LogP contribution >= 0.6 is 11.8 Å². The van der Waals surface area contributed by atoms with Crippen LogP contribution in [0.1, 0.15) is 0 Å². The third-order valence-corrected chi connectivity index (χ3v) is 3.84. The first-order valence-corrected chi connectivity index (χ1v) is 6.59. The summed E-state index contributed by atoms with van der Waals surface area (Å²) in [7, 11) is 0. The summed E-state index contributed by atoms with van der Waals surface area (Å²) in [6.45, 7) is 0. The smallest absolute Gasteiger partial charge is 0.255 e. The third kappa shape index (κ3) is 2.39. The van der Waals surface area contributed by atoms with Crippen LogP contribution in [0.5, 0.6) is 0 Å². The molecule has 19 heavy (non-hydrogen) atoms. The number of hydrogen-bond acceptors (Lipinski definition) is 2. The summed E-state index contributed by atoms with van der Waals surface area (Å²) in [5.74, 6) is -0.265. The van der Waals surface area contributed by atoms with Crippen molar-refractivity contribution in [1.82, 2.24) is 4.98 Å². The summed E-state index contributed by atoms with van der Waals surface area (Å²) < 4.78 is 13.2. The Labute approximate surface area is 113 Å². The molecule has 4 heteroatoms. The van der Waals surface area contributed by atoms with Crippen molar-refractivity contribution in [3.63, 3.8) is 0 Å². The van der Waals surface area contributed by atoms with E-state index in [0.717, 1.165) is 15.2 Å². The van der Waals surface area contributed by atoms with Gasteiger partial charge in [-0.3, -0.25) is 4.79 Å². The molecule has 1 N–H and O–H groups in total. The topological polar surface area (TPSA) is 32.9 Å². The molecule has 1 aromatic heterocycles. The van der Waals surface area contributed by atoms with Crippen LogP contribution in [0.3, 0.4) is 0 Å². The lowest BCUT2D eigenvalue weighted by Crippen LogP contribution is -2.05. The molecule has 94 valence electrons. The van der Waals surface area contributed by atoms with Gasteiger partial charge in [0.25, 0.3) is 5.56 Å². The zero-order valence-corrected chi connectivity index (χ0v) is 10.7. The van der Waals surface area contributed by atoms with E-state index >= 15 is 0 Å². The van der Waals surface area contributed by atoms with Gasteiger partial charge in [0.15, 0.2) is 0 Å². The molecule has 0 fully saturated rings. The summed E-state index contributed by atoms with van der Waals surface area (Å²) in [6.07, 6.45) is 1.67. The van der Waals surface area contributed by atoms with E-state index in [4.69, 9.17) is 0 Å². The second-order valence-electron chi connectivity index (χ2n) is 4.09. The van der Waals surface area contributed by atoms with E-state index in [1.807, 2.05) is 24.3 Å². The first-order chi connectivity index (χ1) is 9.24. The Bertz CT molecular complexity index is 797. The highest BCUT2D eigenvalue weighted by molar-refractivity contribution is 7.99. The molecule has 0 unspecified atom stereocenters. The number of rotatable bonds is 2. The largest absolute Gasteiger partial charge is 0.327 e. The average molecular weight is 271 g/mol. The number of pyridine rings is 1. The van der Waals surface area contributed by atoms with Gasteiger partial charge in [-0.15, -0.1) is 0 Å². The van der Waals surface area contributed by atoms with Crippen LogP contribution in [0.25, 0.3) is 10.8 Å². The van der Waals surface area contributed by atoms with Crippen molar-refractivity contribution < 1.29 is 4.39 Å². The number of halogens is 1. The molecule has 0 amide bonds. The van der Waals surface area contributed by atoms with Crippen molar-refractivity contribution in [3.05, 3.63) is 70.9 Å². The molecule has 0 atom stereocenters. The number of hydrogen-bond donors (Lipinski definition) is 1. The predicted molar refractivity (Wildman–Crippen MR) is 75.1 cm³/mol. The Morgan fingerprint density at radius 1 is 1.00 bits per heavy atom. The van der Waals surface area contributed by atoms with E-state index in [2.05, 4.69) is 4.98 Å². The second kappa shape index (κ2) is 4.90. The normalized spacial score (nSPS) is 10.8. The van der Waals surface area contributed by atoms with Crippen LogP contribution in [-0.4, -0.2) is 4.98 Å². The highest BCUT2D eigenvalue weighted by atomic mass is 32.2. The maximum atomic E-state index is 13.2. The zero-order valence-electron chi connectivity index (χ0n) is 9.89. The fourth-order valence-corrected chi connectivity index (χ4v) is 2.90. The second-order valence-corrected chi connectivity index (χ2v) is 5.20. The molecule has 0 spiro atoms. The lowest BCUT2D eigenvalue weighted by atomic mass is 10.2. The molecule has 3 aromatic rings. The summed E-state index contributed by atoms with van der Waals surface area (Å²) in [4.78, 5) is 16.1. The van der Waals surface area contributed by atoms with Gasteiger partial charge in [0, 0.05) is 26.8 Å². The first-order valence-electron chi connectivity index (χ1n) is 5.78. The molecular formula is C15H10FNOS. The van der Waals surface area contributed by atoms with E-state index in [1.165, 1.54) is 23.9 Å². The van der Waals surface area contributed by atoms with Gasteiger partial charge in [-0.1, -0.05) is 36.0 Å². The molecular weight excluding hydrogens is 261 g/mol. The number of fused-ring (bicyclic) bond motifs is 1. The fourth-order valence-electron chi connectivity index (χ4n) is 1.92. The van der Waals surface area contributed by atoms with Crippen LogP contribution in [0, 0.1) is 5.82 Å². The maximum absolute atomic E-state index is 13.2. The van der Waals surface area contributed by atoms with Crippen LogP contribution < -0.4 is 5.56 Å². The summed E-state index contributed by atoms with van der Waals surface area (Å²) in [6, 6.07) is 13.8. The third-order valence-electron chi connectivity index (χ3n) is 2.80. The van der Waals surface area contributed by atoms with Gasteiger partial charge in [-0.05, 0) is 24.3 Å². The molecule has 1 heterocycles. The van der Waals surface area contributed by atoms with Gasteiger partial charge in [0.05, 0.1) is 0 Å². The number of benzene rings is 2. The van der Waals surface area contributed by atoms with Crippen molar-refractivity contribution in [3.8, 4) is 0 Å². The predicted octanol–water partition coefficient (Wildman–Crippen LogP) is 3.82. The summed E-state index contributed by atoms with van der Waals surface area (Å²) in [5.41, 5.74) is -0.112. The van der Waals surface area contributed by atoms with Crippen LogP contribution in [0.4, 0.5) is 4.39 Å². The van der Waals surface area contributed by atoms with E-state index in [-0.39, 0.29) is 11.4 Å². The molecule has 2 aromatic carbocycles. The number of aromatic amines is 1. The van der Waals surface area contributed by atoms with Crippen molar-refractivity contribution in [2.75, 3.05) is 0 Å². The van der Waals surface area contributed by atoms with Gasteiger partial charge in [-0.2, -0.15) is 0 Å².